The molecule has 2 rings (SSSR count). The van der Waals surface area contributed by atoms with E-state index in [4.69, 9.17) is 0 Å². The van der Waals surface area contributed by atoms with Gasteiger partial charge in [-0.05, 0) is 36.3 Å². The van der Waals surface area contributed by atoms with Gasteiger partial charge in [0.2, 0.25) is 0 Å². The molecule has 16 heavy (non-hydrogen) atoms. The van der Waals surface area contributed by atoms with Gasteiger partial charge < -0.3 is 5.11 Å². The summed E-state index contributed by atoms with van der Waals surface area (Å²) in [7, 11) is 0. The zero-order chi connectivity index (χ0) is 11.8. The lowest BCUT2D eigenvalue weighted by Gasteiger charge is -2.14. The molecule has 0 aliphatic heterocycles. The Kier molecular flexibility index (Phi) is 2.75. The molecule has 86 valence electrons. The molecule has 1 saturated carbocycles. The molecule has 1 atom stereocenters. The number of carbonyl (C=O) groups is 1. The van der Waals surface area contributed by atoms with Crippen LogP contribution >= 0.6 is 0 Å². The van der Waals surface area contributed by atoms with E-state index in [2.05, 4.69) is 26.0 Å². The van der Waals surface area contributed by atoms with E-state index in [9.17, 15) is 9.90 Å². The highest BCUT2D eigenvalue weighted by molar-refractivity contribution is 5.84. The average molecular weight is 218 g/mol. The predicted octanol–water partition coefficient (Wildman–Crippen LogP) is 3.32. The highest BCUT2D eigenvalue weighted by Crippen LogP contribution is 2.48. The minimum atomic E-state index is -0.672. The zero-order valence-electron chi connectivity index (χ0n) is 9.86. The van der Waals surface area contributed by atoms with Crippen LogP contribution in [0.3, 0.4) is 0 Å². The van der Waals surface area contributed by atoms with Crippen molar-refractivity contribution in [3.63, 3.8) is 0 Å². The van der Waals surface area contributed by atoms with E-state index < -0.39 is 11.4 Å². The summed E-state index contributed by atoms with van der Waals surface area (Å²) in [5, 5.41) is 9.24. The number of benzene rings is 1. The first kappa shape index (κ1) is 11.2. The van der Waals surface area contributed by atoms with Crippen LogP contribution in [-0.4, -0.2) is 11.1 Å². The molecule has 2 heteroatoms. The molecule has 1 N–H and O–H groups in total. The standard InChI is InChI=1S/C14H18O2/c1-3-10(2)11-5-4-6-12(9-11)14(7-8-14)13(15)16/h4-6,9-10H,3,7-8H2,1-2H3,(H,15,16). The van der Waals surface area contributed by atoms with Gasteiger partial charge in [0.05, 0.1) is 5.41 Å². The number of carboxylic acids is 1. The van der Waals surface area contributed by atoms with Crippen LogP contribution in [0.1, 0.15) is 50.2 Å². The Morgan fingerprint density at radius 2 is 2.19 bits per heavy atom. The van der Waals surface area contributed by atoms with E-state index in [0.29, 0.717) is 5.92 Å². The van der Waals surface area contributed by atoms with Gasteiger partial charge in [0.25, 0.3) is 0 Å². The minimum absolute atomic E-state index is 0.504. The molecule has 0 bridgehead atoms. The molecule has 1 aromatic carbocycles. The molecule has 2 nitrogen and oxygen atoms in total. The smallest absolute Gasteiger partial charge is 0.314 e. The van der Waals surface area contributed by atoms with E-state index in [-0.39, 0.29) is 0 Å². The highest BCUT2D eigenvalue weighted by atomic mass is 16.4. The van der Waals surface area contributed by atoms with Crippen LogP contribution in [0.25, 0.3) is 0 Å². The van der Waals surface area contributed by atoms with E-state index in [1.807, 2.05) is 12.1 Å². The van der Waals surface area contributed by atoms with Crippen molar-refractivity contribution < 1.29 is 9.90 Å². The average Bonchev–Trinajstić information content (AvgIpc) is 3.09. The third-order valence-electron chi connectivity index (χ3n) is 3.78. The van der Waals surface area contributed by atoms with Crippen molar-refractivity contribution in [2.24, 2.45) is 0 Å². The topological polar surface area (TPSA) is 37.3 Å². The molecule has 0 aromatic heterocycles. The second-order valence-corrected chi connectivity index (χ2v) is 4.82. The number of hydrogen-bond acceptors (Lipinski definition) is 1. The Labute approximate surface area is 96.3 Å². The number of aliphatic carboxylic acids is 1. The predicted molar refractivity (Wildman–Crippen MR) is 63.7 cm³/mol. The van der Waals surface area contributed by atoms with Gasteiger partial charge in [0.15, 0.2) is 0 Å². The van der Waals surface area contributed by atoms with Crippen molar-refractivity contribution in [3.8, 4) is 0 Å². The van der Waals surface area contributed by atoms with Crippen molar-refractivity contribution in [2.75, 3.05) is 0 Å². The number of hydrogen-bond donors (Lipinski definition) is 1. The molecule has 1 unspecified atom stereocenters. The zero-order valence-corrected chi connectivity index (χ0v) is 9.86. The van der Waals surface area contributed by atoms with Crippen LogP contribution in [0.5, 0.6) is 0 Å². The van der Waals surface area contributed by atoms with Crippen molar-refractivity contribution in [1.29, 1.82) is 0 Å². The van der Waals surface area contributed by atoms with Gasteiger partial charge in [0.1, 0.15) is 0 Å². The van der Waals surface area contributed by atoms with Gasteiger partial charge in [-0.2, -0.15) is 0 Å². The summed E-state index contributed by atoms with van der Waals surface area (Å²) >= 11 is 0. The van der Waals surface area contributed by atoms with E-state index in [1.54, 1.807) is 0 Å². The number of rotatable bonds is 4. The lowest BCUT2D eigenvalue weighted by atomic mass is 9.90. The molecule has 1 aromatic rings. The van der Waals surface area contributed by atoms with Crippen LogP contribution in [0, 0.1) is 0 Å². The maximum atomic E-state index is 11.2. The van der Waals surface area contributed by atoms with E-state index in [0.717, 1.165) is 24.8 Å². The Hall–Kier alpha value is -1.31. The first-order valence-corrected chi connectivity index (χ1v) is 5.94. The van der Waals surface area contributed by atoms with E-state index in [1.165, 1.54) is 5.56 Å². The third kappa shape index (κ3) is 1.73. The fraction of sp³-hybridized carbons (Fsp3) is 0.500. The van der Waals surface area contributed by atoms with Crippen LogP contribution < -0.4 is 0 Å². The van der Waals surface area contributed by atoms with Gasteiger partial charge in [-0.3, -0.25) is 4.79 Å². The summed E-state index contributed by atoms with van der Waals surface area (Å²) in [6.45, 7) is 4.33. The Balaban J connectivity index is 2.33. The monoisotopic (exact) mass is 218 g/mol. The van der Waals surface area contributed by atoms with Crippen LogP contribution in [0.2, 0.25) is 0 Å². The Morgan fingerprint density at radius 1 is 1.50 bits per heavy atom. The summed E-state index contributed by atoms with van der Waals surface area (Å²) in [6.07, 6.45) is 2.65. The van der Waals surface area contributed by atoms with Gasteiger partial charge in [-0.25, -0.2) is 0 Å². The molecule has 0 radical (unpaired) electrons. The maximum absolute atomic E-state index is 11.2. The Bertz CT molecular complexity index is 405. The molecule has 1 fully saturated rings. The summed E-state index contributed by atoms with van der Waals surface area (Å²) < 4.78 is 0. The number of carboxylic acid groups (broad SMARTS) is 1. The van der Waals surface area contributed by atoms with Crippen molar-refractivity contribution in [1.82, 2.24) is 0 Å². The molecule has 0 amide bonds. The van der Waals surface area contributed by atoms with Crippen LogP contribution in [0.4, 0.5) is 0 Å². The summed E-state index contributed by atoms with van der Waals surface area (Å²) in [5.41, 5.74) is 1.68. The molecule has 1 aliphatic carbocycles. The van der Waals surface area contributed by atoms with Gasteiger partial charge in [-0.15, -0.1) is 0 Å². The summed E-state index contributed by atoms with van der Waals surface area (Å²) in [6, 6.07) is 8.11. The fourth-order valence-corrected chi connectivity index (χ4v) is 2.13. The van der Waals surface area contributed by atoms with Crippen molar-refractivity contribution >= 4 is 5.97 Å². The van der Waals surface area contributed by atoms with Gasteiger partial charge >= 0.3 is 5.97 Å². The normalized spacial score (nSPS) is 19.1. The second kappa shape index (κ2) is 3.93. The van der Waals surface area contributed by atoms with Crippen LogP contribution in [0.15, 0.2) is 24.3 Å². The maximum Gasteiger partial charge on any atom is 0.314 e. The molecular weight excluding hydrogens is 200 g/mol. The second-order valence-electron chi connectivity index (χ2n) is 4.82. The fourth-order valence-electron chi connectivity index (χ4n) is 2.13. The Morgan fingerprint density at radius 3 is 2.69 bits per heavy atom. The van der Waals surface area contributed by atoms with Gasteiger partial charge in [0, 0.05) is 0 Å². The molecular formula is C14H18O2. The first-order valence-electron chi connectivity index (χ1n) is 5.94. The minimum Gasteiger partial charge on any atom is -0.481 e. The summed E-state index contributed by atoms with van der Waals surface area (Å²) in [4.78, 5) is 11.2. The van der Waals surface area contributed by atoms with Crippen LogP contribution in [-0.2, 0) is 10.2 Å². The SMILES string of the molecule is CCC(C)c1cccc(C2(C(=O)O)CC2)c1. The lowest BCUT2D eigenvalue weighted by Crippen LogP contribution is -2.19. The molecule has 0 saturated heterocycles. The van der Waals surface area contributed by atoms with Crippen molar-refractivity contribution in [2.45, 2.75) is 44.4 Å². The molecule has 1 aliphatic rings. The lowest BCUT2D eigenvalue weighted by molar-refractivity contribution is -0.140. The highest BCUT2D eigenvalue weighted by Gasteiger charge is 2.51. The molecule has 0 spiro atoms. The third-order valence-corrected chi connectivity index (χ3v) is 3.78. The first-order chi connectivity index (χ1) is 7.60. The summed E-state index contributed by atoms with van der Waals surface area (Å²) in [5.74, 6) is -0.168. The quantitative estimate of drug-likeness (QED) is 0.841. The van der Waals surface area contributed by atoms with Crippen molar-refractivity contribution in [3.05, 3.63) is 35.4 Å². The van der Waals surface area contributed by atoms with E-state index >= 15 is 0 Å². The van der Waals surface area contributed by atoms with Gasteiger partial charge in [-0.1, -0.05) is 38.1 Å². The molecule has 0 heterocycles. The largest absolute Gasteiger partial charge is 0.481 e.